The van der Waals surface area contributed by atoms with Crippen molar-refractivity contribution in [2.75, 3.05) is 5.32 Å². The molecule has 0 aliphatic heterocycles. The van der Waals surface area contributed by atoms with Gasteiger partial charge in [0.1, 0.15) is 0 Å². The quantitative estimate of drug-likeness (QED) is 0.537. The highest BCUT2D eigenvalue weighted by Gasteiger charge is 2.15. The molecule has 0 radical (unpaired) electrons. The monoisotopic (exact) mass is 447 g/mol. The first kappa shape index (κ1) is 22.0. The van der Waals surface area contributed by atoms with Crippen LogP contribution in [-0.2, 0) is 21.2 Å². The molecule has 3 aromatic rings. The van der Waals surface area contributed by atoms with Crippen LogP contribution in [0.1, 0.15) is 26.2 Å². The molecule has 30 heavy (non-hydrogen) atoms. The van der Waals surface area contributed by atoms with E-state index in [2.05, 4.69) is 15.0 Å². The van der Waals surface area contributed by atoms with Gasteiger partial charge in [0.05, 0.1) is 16.1 Å². The molecule has 1 aromatic heterocycles. The van der Waals surface area contributed by atoms with Crippen molar-refractivity contribution in [3.63, 3.8) is 0 Å². The number of benzene rings is 2. The molecule has 3 rings (SSSR count). The summed E-state index contributed by atoms with van der Waals surface area (Å²) in [6, 6.07) is 13.1. The molecule has 9 heteroatoms. The molecule has 0 saturated carbocycles. The molecule has 1 amide bonds. The molecule has 0 spiro atoms. The van der Waals surface area contributed by atoms with Crippen LogP contribution in [0.25, 0.3) is 11.3 Å². The molecule has 1 heterocycles. The summed E-state index contributed by atoms with van der Waals surface area (Å²) >= 11 is 6.16. The number of oxazole rings is 1. The molecule has 0 unspecified atom stereocenters. The highest BCUT2D eigenvalue weighted by atomic mass is 35.5. The van der Waals surface area contributed by atoms with E-state index in [9.17, 15) is 13.2 Å². The van der Waals surface area contributed by atoms with E-state index in [0.717, 1.165) is 5.56 Å². The Morgan fingerprint density at radius 1 is 1.13 bits per heavy atom. The Morgan fingerprint density at radius 3 is 2.50 bits per heavy atom. The van der Waals surface area contributed by atoms with Gasteiger partial charge >= 0.3 is 0 Å². The third-order valence-electron chi connectivity index (χ3n) is 4.10. The molecule has 0 saturated heterocycles. The molecule has 0 fully saturated rings. The lowest BCUT2D eigenvalue weighted by Gasteiger charge is -2.10. The van der Waals surface area contributed by atoms with Crippen molar-refractivity contribution >= 4 is 33.2 Å². The van der Waals surface area contributed by atoms with E-state index < -0.39 is 10.0 Å². The number of anilines is 1. The molecule has 0 aliphatic carbocycles. The van der Waals surface area contributed by atoms with Crippen LogP contribution in [0.3, 0.4) is 0 Å². The van der Waals surface area contributed by atoms with Crippen molar-refractivity contribution in [2.24, 2.45) is 0 Å². The molecular formula is C21H22ClN3O4S. The number of rotatable bonds is 8. The van der Waals surface area contributed by atoms with Gasteiger partial charge in [0.25, 0.3) is 0 Å². The predicted molar refractivity (Wildman–Crippen MR) is 116 cm³/mol. The molecule has 0 atom stereocenters. The zero-order valence-electron chi connectivity index (χ0n) is 16.6. The van der Waals surface area contributed by atoms with Gasteiger partial charge < -0.3 is 9.73 Å². The lowest BCUT2D eigenvalue weighted by molar-refractivity contribution is -0.116. The van der Waals surface area contributed by atoms with Crippen LogP contribution in [0, 0.1) is 0 Å². The minimum Gasteiger partial charge on any atom is -0.441 e. The molecule has 7 nitrogen and oxygen atoms in total. The second-order valence-corrected chi connectivity index (χ2v) is 9.07. The number of carbonyl (C=O) groups is 1. The molecule has 0 bridgehead atoms. The summed E-state index contributed by atoms with van der Waals surface area (Å²) in [6.07, 6.45) is 2.07. The highest BCUT2D eigenvalue weighted by Crippen LogP contribution is 2.28. The molecular weight excluding hydrogens is 426 g/mol. The van der Waals surface area contributed by atoms with Gasteiger partial charge in [-0.15, -0.1) is 0 Å². The van der Waals surface area contributed by atoms with Gasteiger partial charge in [-0.1, -0.05) is 23.7 Å². The number of aryl methyl sites for hydroxylation is 1. The van der Waals surface area contributed by atoms with Gasteiger partial charge in [0.2, 0.25) is 15.9 Å². The Labute approximate surface area is 180 Å². The van der Waals surface area contributed by atoms with E-state index in [0.29, 0.717) is 28.8 Å². The third kappa shape index (κ3) is 5.69. The first-order chi connectivity index (χ1) is 14.2. The number of nitrogens with one attached hydrogen (secondary N) is 2. The number of aromatic nitrogens is 1. The molecule has 158 valence electrons. The van der Waals surface area contributed by atoms with Crippen LogP contribution in [0.4, 0.5) is 5.69 Å². The maximum absolute atomic E-state index is 12.2. The van der Waals surface area contributed by atoms with Crippen molar-refractivity contribution in [1.82, 2.24) is 9.71 Å². The second-order valence-electron chi connectivity index (χ2n) is 6.95. The van der Waals surface area contributed by atoms with Crippen LogP contribution < -0.4 is 10.0 Å². The van der Waals surface area contributed by atoms with Crippen molar-refractivity contribution < 1.29 is 17.6 Å². The van der Waals surface area contributed by atoms with Crippen molar-refractivity contribution in [2.45, 2.75) is 37.6 Å². The SMILES string of the molecule is CC(C)NS(=O)(=O)c1ccc(NC(=O)CCc2ncc(-c3ccccc3Cl)o2)cc1. The lowest BCUT2D eigenvalue weighted by atomic mass is 10.2. The number of halogens is 1. The van der Waals surface area contributed by atoms with E-state index in [1.54, 1.807) is 38.2 Å². The van der Waals surface area contributed by atoms with Crippen LogP contribution in [0.5, 0.6) is 0 Å². The van der Waals surface area contributed by atoms with Crippen LogP contribution in [-0.4, -0.2) is 25.4 Å². The van der Waals surface area contributed by atoms with Crippen molar-refractivity contribution in [3.05, 3.63) is 65.6 Å². The van der Waals surface area contributed by atoms with Crippen LogP contribution in [0.2, 0.25) is 5.02 Å². The fraction of sp³-hybridized carbons (Fsp3) is 0.238. The molecule has 0 aliphatic rings. The predicted octanol–water partition coefficient (Wildman–Crippen LogP) is 4.25. The van der Waals surface area contributed by atoms with Gasteiger partial charge in [-0.2, -0.15) is 0 Å². The van der Waals surface area contributed by atoms with E-state index >= 15 is 0 Å². The minimum atomic E-state index is -3.57. The summed E-state index contributed by atoms with van der Waals surface area (Å²) in [6.45, 7) is 3.49. The van der Waals surface area contributed by atoms with Gasteiger partial charge in [0.15, 0.2) is 11.7 Å². The molecule has 2 aromatic carbocycles. The number of nitrogens with zero attached hydrogens (tertiary/aromatic N) is 1. The number of sulfonamides is 1. The number of amides is 1. The number of hydrogen-bond donors (Lipinski definition) is 2. The second kappa shape index (κ2) is 9.42. The summed E-state index contributed by atoms with van der Waals surface area (Å²) in [5.41, 5.74) is 1.25. The van der Waals surface area contributed by atoms with Gasteiger partial charge in [-0.05, 0) is 50.2 Å². The summed E-state index contributed by atoms with van der Waals surface area (Å²) in [5.74, 6) is 0.743. The highest BCUT2D eigenvalue weighted by molar-refractivity contribution is 7.89. The van der Waals surface area contributed by atoms with E-state index in [1.807, 2.05) is 18.2 Å². The Balaban J connectivity index is 1.56. The van der Waals surface area contributed by atoms with E-state index in [4.69, 9.17) is 16.0 Å². The number of hydrogen-bond acceptors (Lipinski definition) is 5. The summed E-state index contributed by atoms with van der Waals surface area (Å²) in [5, 5.41) is 3.30. The summed E-state index contributed by atoms with van der Waals surface area (Å²) in [4.78, 5) is 16.5. The Kier molecular flexibility index (Phi) is 6.91. The van der Waals surface area contributed by atoms with Crippen molar-refractivity contribution in [1.29, 1.82) is 0 Å². The van der Waals surface area contributed by atoms with Crippen LogP contribution in [0.15, 0.2) is 64.0 Å². The first-order valence-corrected chi connectivity index (χ1v) is 11.2. The third-order valence-corrected chi connectivity index (χ3v) is 6.10. The largest absolute Gasteiger partial charge is 0.441 e. The van der Waals surface area contributed by atoms with Gasteiger partial charge in [-0.25, -0.2) is 18.1 Å². The zero-order chi connectivity index (χ0) is 21.7. The standard InChI is InChI=1S/C21H22ClN3O4S/c1-14(2)25-30(27,28)16-9-7-15(8-10-16)24-20(26)11-12-21-23-13-19(29-21)17-5-3-4-6-18(17)22/h3-10,13-14,25H,11-12H2,1-2H3,(H,24,26). The minimum absolute atomic E-state index is 0.140. The Bertz CT molecular complexity index is 1130. The first-order valence-electron chi connectivity index (χ1n) is 9.36. The molecule has 2 N–H and O–H groups in total. The average molecular weight is 448 g/mol. The topological polar surface area (TPSA) is 101 Å². The van der Waals surface area contributed by atoms with E-state index in [-0.39, 0.29) is 23.3 Å². The lowest BCUT2D eigenvalue weighted by Crippen LogP contribution is -2.30. The average Bonchev–Trinajstić information content (AvgIpc) is 3.15. The Hall–Kier alpha value is -2.68. The van der Waals surface area contributed by atoms with Crippen molar-refractivity contribution in [3.8, 4) is 11.3 Å². The summed E-state index contributed by atoms with van der Waals surface area (Å²) < 4.78 is 32.5. The Morgan fingerprint density at radius 2 is 1.83 bits per heavy atom. The maximum atomic E-state index is 12.2. The fourth-order valence-corrected chi connectivity index (χ4v) is 4.23. The fourth-order valence-electron chi connectivity index (χ4n) is 2.75. The smallest absolute Gasteiger partial charge is 0.240 e. The maximum Gasteiger partial charge on any atom is 0.240 e. The summed E-state index contributed by atoms with van der Waals surface area (Å²) in [7, 11) is -3.57. The van der Waals surface area contributed by atoms with E-state index in [1.165, 1.54) is 12.1 Å². The van der Waals surface area contributed by atoms with Gasteiger partial charge in [-0.3, -0.25) is 4.79 Å². The normalized spacial score (nSPS) is 11.6. The number of carbonyl (C=O) groups excluding carboxylic acids is 1. The zero-order valence-corrected chi connectivity index (χ0v) is 18.1. The van der Waals surface area contributed by atoms with Gasteiger partial charge in [0, 0.05) is 30.1 Å². The van der Waals surface area contributed by atoms with Crippen LogP contribution >= 0.6 is 11.6 Å².